The van der Waals surface area contributed by atoms with Gasteiger partial charge in [0.2, 0.25) is 0 Å². The van der Waals surface area contributed by atoms with Gasteiger partial charge in [-0.2, -0.15) is 0 Å². The summed E-state index contributed by atoms with van der Waals surface area (Å²) in [6.07, 6.45) is 11.8. The van der Waals surface area contributed by atoms with Crippen molar-refractivity contribution >= 4 is 0 Å². The molecule has 0 saturated carbocycles. The smallest absolute Gasteiger partial charge is 0.130 e. The summed E-state index contributed by atoms with van der Waals surface area (Å²) >= 11 is 0. The molecule has 1 aliphatic carbocycles. The van der Waals surface area contributed by atoms with Crippen molar-refractivity contribution < 1.29 is 4.90 Å². The molecule has 0 unspecified atom stereocenters. The molecule has 10 heavy (non-hydrogen) atoms. The van der Waals surface area contributed by atoms with Crippen molar-refractivity contribution in [3.8, 4) is 0 Å². The Balaban J connectivity index is 2.73. The molecular weight excluding hydrogens is 122 g/mol. The van der Waals surface area contributed by atoms with E-state index in [9.17, 15) is 0 Å². The van der Waals surface area contributed by atoms with Crippen LogP contribution in [0.4, 0.5) is 0 Å². The van der Waals surface area contributed by atoms with Gasteiger partial charge in [-0.3, -0.25) is 0 Å². The van der Waals surface area contributed by atoms with Crippen LogP contribution in [0.2, 0.25) is 0 Å². The number of allylic oxidation sites excluding steroid dienone is 5. The van der Waals surface area contributed by atoms with Crippen LogP contribution in [0.5, 0.6) is 0 Å². The Labute approximate surface area is 62.3 Å². The third-order valence-electron chi connectivity index (χ3n) is 1.56. The Hall–Kier alpha value is -0.820. The Bertz CT molecular complexity index is 185. The van der Waals surface area contributed by atoms with E-state index in [0.717, 1.165) is 6.42 Å². The Kier molecular flexibility index (Phi) is 2.46. The first kappa shape index (κ1) is 7.29. The quantitative estimate of drug-likeness (QED) is 0.536. The van der Waals surface area contributed by atoms with Crippen molar-refractivity contribution in [3.63, 3.8) is 0 Å². The fourth-order valence-electron chi connectivity index (χ4n) is 0.913. The van der Waals surface area contributed by atoms with Crippen molar-refractivity contribution in [3.05, 3.63) is 36.1 Å². The zero-order valence-corrected chi connectivity index (χ0v) is 6.59. The summed E-state index contributed by atoms with van der Waals surface area (Å²) < 4.78 is 0. The van der Waals surface area contributed by atoms with Crippen LogP contribution in [-0.2, 0) is 0 Å². The topological polar surface area (TPSA) is 4.44 Å². The fraction of sp³-hybridized carbons (Fsp3) is 0.333. The number of hydrogen-bond acceptors (Lipinski definition) is 0. The molecule has 0 aliphatic heterocycles. The molecule has 0 fully saturated rings. The SMILES string of the molecule is C[NH+](C)C1=CC=CCC=C1. The van der Waals surface area contributed by atoms with Crippen LogP contribution in [-0.4, -0.2) is 14.1 Å². The third-order valence-corrected chi connectivity index (χ3v) is 1.56. The first-order valence-corrected chi connectivity index (χ1v) is 3.64. The molecule has 0 radical (unpaired) electrons. The van der Waals surface area contributed by atoms with E-state index in [2.05, 4.69) is 44.5 Å². The lowest BCUT2D eigenvalue weighted by atomic mass is 10.3. The number of nitrogens with one attached hydrogen (secondary N) is 1. The highest BCUT2D eigenvalue weighted by Crippen LogP contribution is 1.97. The summed E-state index contributed by atoms with van der Waals surface area (Å²) in [5, 5.41) is 0. The van der Waals surface area contributed by atoms with E-state index in [1.165, 1.54) is 10.6 Å². The molecule has 1 N–H and O–H groups in total. The molecule has 0 aromatic carbocycles. The third kappa shape index (κ3) is 1.85. The molecule has 0 heterocycles. The first-order valence-electron chi connectivity index (χ1n) is 3.64. The molecule has 0 aromatic heterocycles. The predicted molar refractivity (Wildman–Crippen MR) is 43.8 cm³/mol. The van der Waals surface area contributed by atoms with E-state index in [0.29, 0.717) is 0 Å². The zero-order valence-electron chi connectivity index (χ0n) is 6.59. The number of quaternary nitrogens is 1. The van der Waals surface area contributed by atoms with Crippen LogP contribution in [0.15, 0.2) is 36.1 Å². The summed E-state index contributed by atoms with van der Waals surface area (Å²) in [6, 6.07) is 0. The molecule has 1 nitrogen and oxygen atoms in total. The van der Waals surface area contributed by atoms with Gasteiger partial charge in [0.15, 0.2) is 0 Å². The number of rotatable bonds is 1. The molecule has 0 spiro atoms. The molecule has 0 atom stereocenters. The molecule has 0 saturated heterocycles. The highest BCUT2D eigenvalue weighted by atomic mass is 15.1. The Morgan fingerprint density at radius 1 is 1.30 bits per heavy atom. The summed E-state index contributed by atoms with van der Waals surface area (Å²) in [5.41, 5.74) is 1.34. The molecule has 54 valence electrons. The lowest BCUT2D eigenvalue weighted by Crippen LogP contribution is -3.03. The number of likely N-dealkylation sites (N-methyl/N-ethyl adjacent to an activating group) is 1. The lowest BCUT2D eigenvalue weighted by Gasteiger charge is -2.04. The van der Waals surface area contributed by atoms with Crippen molar-refractivity contribution in [2.45, 2.75) is 6.42 Å². The van der Waals surface area contributed by atoms with Gasteiger partial charge in [0.05, 0.1) is 14.1 Å². The fourth-order valence-corrected chi connectivity index (χ4v) is 0.913. The van der Waals surface area contributed by atoms with Crippen LogP contribution >= 0.6 is 0 Å². The summed E-state index contributed by atoms with van der Waals surface area (Å²) in [4.78, 5) is 1.38. The average molecular weight is 136 g/mol. The van der Waals surface area contributed by atoms with E-state index in [1.807, 2.05) is 0 Å². The minimum atomic E-state index is 1.06. The zero-order chi connectivity index (χ0) is 7.40. The van der Waals surface area contributed by atoms with Crippen molar-refractivity contribution in [1.82, 2.24) is 0 Å². The van der Waals surface area contributed by atoms with Crippen LogP contribution in [0, 0.1) is 0 Å². The molecule has 0 amide bonds. The van der Waals surface area contributed by atoms with Gasteiger partial charge in [-0.15, -0.1) is 0 Å². The maximum atomic E-state index is 2.18. The van der Waals surface area contributed by atoms with E-state index < -0.39 is 0 Å². The van der Waals surface area contributed by atoms with Crippen molar-refractivity contribution in [1.29, 1.82) is 0 Å². The molecule has 0 aromatic rings. The second-order valence-electron chi connectivity index (χ2n) is 2.69. The van der Waals surface area contributed by atoms with Gasteiger partial charge in [0.25, 0.3) is 0 Å². The van der Waals surface area contributed by atoms with Gasteiger partial charge in [-0.05, 0) is 18.6 Å². The summed E-state index contributed by atoms with van der Waals surface area (Å²) in [5.74, 6) is 0. The predicted octanol–water partition coefficient (Wildman–Crippen LogP) is 0.531. The molecule has 1 aliphatic rings. The lowest BCUT2D eigenvalue weighted by molar-refractivity contribution is -0.813. The molecule has 1 rings (SSSR count). The average Bonchev–Trinajstić information content (AvgIpc) is 2.12. The van der Waals surface area contributed by atoms with Gasteiger partial charge >= 0.3 is 0 Å². The van der Waals surface area contributed by atoms with Crippen LogP contribution in [0.25, 0.3) is 0 Å². The maximum Gasteiger partial charge on any atom is 0.130 e. The monoisotopic (exact) mass is 136 g/mol. The minimum absolute atomic E-state index is 1.06. The van der Waals surface area contributed by atoms with Crippen molar-refractivity contribution in [2.75, 3.05) is 14.1 Å². The second-order valence-corrected chi connectivity index (χ2v) is 2.69. The Morgan fingerprint density at radius 3 is 2.80 bits per heavy atom. The summed E-state index contributed by atoms with van der Waals surface area (Å²) in [6.45, 7) is 0. The van der Waals surface area contributed by atoms with Gasteiger partial charge < -0.3 is 4.90 Å². The highest BCUT2D eigenvalue weighted by Gasteiger charge is 1.98. The van der Waals surface area contributed by atoms with E-state index in [4.69, 9.17) is 0 Å². The second kappa shape index (κ2) is 3.37. The maximum absolute atomic E-state index is 2.18. The van der Waals surface area contributed by atoms with Crippen molar-refractivity contribution in [2.24, 2.45) is 0 Å². The van der Waals surface area contributed by atoms with E-state index >= 15 is 0 Å². The Morgan fingerprint density at radius 2 is 2.10 bits per heavy atom. The largest absolute Gasteiger partial charge is 0.307 e. The minimum Gasteiger partial charge on any atom is -0.307 e. The van der Waals surface area contributed by atoms with Gasteiger partial charge in [0, 0.05) is 0 Å². The van der Waals surface area contributed by atoms with E-state index in [1.54, 1.807) is 0 Å². The van der Waals surface area contributed by atoms with Crippen LogP contribution in [0.1, 0.15) is 6.42 Å². The molecular formula is C9H14N+. The van der Waals surface area contributed by atoms with Gasteiger partial charge in [-0.25, -0.2) is 0 Å². The normalized spacial score (nSPS) is 17.3. The van der Waals surface area contributed by atoms with Gasteiger partial charge in [0.1, 0.15) is 5.70 Å². The van der Waals surface area contributed by atoms with Gasteiger partial charge in [-0.1, -0.05) is 18.2 Å². The van der Waals surface area contributed by atoms with Crippen LogP contribution in [0.3, 0.4) is 0 Å². The highest BCUT2D eigenvalue weighted by molar-refractivity contribution is 5.21. The standard InChI is InChI=1S/C9H13N/c1-10(2)9-7-5-3-4-6-8-9/h3,5-8H,4H2,1-2H3/p+1. The molecule has 0 bridgehead atoms. The summed E-state index contributed by atoms with van der Waals surface area (Å²) in [7, 11) is 4.27. The van der Waals surface area contributed by atoms with Crippen LogP contribution < -0.4 is 4.90 Å². The molecule has 1 heteroatoms. The first-order chi connectivity index (χ1) is 4.80. The number of hydrogen-bond donors (Lipinski definition) is 1. The van der Waals surface area contributed by atoms with E-state index in [-0.39, 0.29) is 0 Å².